The smallest absolute Gasteiger partial charge is 0.289 e. The third-order valence-corrected chi connectivity index (χ3v) is 5.62. The van der Waals surface area contributed by atoms with Crippen molar-refractivity contribution < 1.29 is 23.5 Å². The molecule has 1 atom stereocenters. The molecule has 29 heavy (non-hydrogen) atoms. The van der Waals surface area contributed by atoms with Crippen molar-refractivity contribution in [2.24, 2.45) is 5.92 Å². The minimum Gasteiger partial charge on any atom is -0.493 e. The van der Waals surface area contributed by atoms with E-state index in [4.69, 9.17) is 9.47 Å². The molecule has 0 radical (unpaired) electrons. The Kier molecular flexibility index (Phi) is 6.79. The van der Waals surface area contributed by atoms with Crippen molar-refractivity contribution >= 4 is 22.9 Å². The van der Waals surface area contributed by atoms with E-state index in [1.54, 1.807) is 30.3 Å². The van der Waals surface area contributed by atoms with Crippen LogP contribution in [0.15, 0.2) is 42.5 Å². The molecule has 0 saturated carbocycles. The van der Waals surface area contributed by atoms with Crippen LogP contribution in [0.2, 0.25) is 0 Å². The Morgan fingerprint density at radius 1 is 1.14 bits per heavy atom. The van der Waals surface area contributed by atoms with Gasteiger partial charge in [-0.05, 0) is 36.1 Å². The van der Waals surface area contributed by atoms with Crippen LogP contribution in [0.1, 0.15) is 25.0 Å². The summed E-state index contributed by atoms with van der Waals surface area (Å²) in [5.74, 6) is 0.748. The molecule has 0 aromatic heterocycles. The lowest BCUT2D eigenvalue weighted by Gasteiger charge is -2.16. The number of carbonyl (C=O) groups is 2. The van der Waals surface area contributed by atoms with Gasteiger partial charge in [-0.1, -0.05) is 49.9 Å². The summed E-state index contributed by atoms with van der Waals surface area (Å²) >= 11 is 1.07. The van der Waals surface area contributed by atoms with Gasteiger partial charge in [0.2, 0.25) is 5.91 Å². The van der Waals surface area contributed by atoms with Crippen LogP contribution in [0.3, 0.4) is 0 Å². The van der Waals surface area contributed by atoms with E-state index >= 15 is 0 Å². The summed E-state index contributed by atoms with van der Waals surface area (Å²) in [4.78, 5) is 26.0. The zero-order valence-electron chi connectivity index (χ0n) is 16.7. The van der Waals surface area contributed by atoms with Crippen LogP contribution in [-0.4, -0.2) is 35.0 Å². The highest BCUT2D eigenvalue weighted by molar-refractivity contribution is 8.15. The first-order valence-corrected chi connectivity index (χ1v) is 10.3. The number of ether oxygens (including phenoxy) is 2. The molecule has 1 fully saturated rings. The Balaban J connectivity index is 1.68. The predicted molar refractivity (Wildman–Crippen MR) is 111 cm³/mol. The van der Waals surface area contributed by atoms with Crippen LogP contribution in [-0.2, 0) is 17.8 Å². The molecule has 3 rings (SSSR count). The fourth-order valence-corrected chi connectivity index (χ4v) is 4.14. The maximum atomic E-state index is 13.8. The van der Waals surface area contributed by atoms with Crippen LogP contribution in [0.4, 0.5) is 9.18 Å². The fraction of sp³-hybridized carbons (Fsp3) is 0.364. The normalized spacial score (nSPS) is 16.6. The molecular formula is C22H24FNO4S. The first-order chi connectivity index (χ1) is 13.9. The summed E-state index contributed by atoms with van der Waals surface area (Å²) in [5, 5.41) is -0.623. The van der Waals surface area contributed by atoms with E-state index in [0.29, 0.717) is 30.0 Å². The molecule has 0 bridgehead atoms. The molecule has 0 spiro atoms. The summed E-state index contributed by atoms with van der Waals surface area (Å²) in [6.07, 6.45) is 0.424. The molecule has 5 nitrogen and oxygen atoms in total. The number of imide groups is 1. The van der Waals surface area contributed by atoms with Gasteiger partial charge in [0.15, 0.2) is 11.5 Å². The van der Waals surface area contributed by atoms with Crippen molar-refractivity contribution in [2.75, 3.05) is 13.7 Å². The largest absolute Gasteiger partial charge is 0.493 e. The monoisotopic (exact) mass is 417 g/mol. The number of thioether (sulfide) groups is 1. The number of halogens is 1. The first-order valence-electron chi connectivity index (χ1n) is 9.44. The van der Waals surface area contributed by atoms with E-state index in [1.807, 2.05) is 19.9 Å². The zero-order valence-corrected chi connectivity index (χ0v) is 17.5. The van der Waals surface area contributed by atoms with Crippen molar-refractivity contribution in [3.05, 3.63) is 59.4 Å². The molecule has 1 saturated heterocycles. The number of methoxy groups -OCH3 is 1. The van der Waals surface area contributed by atoms with E-state index in [0.717, 1.165) is 17.3 Å². The average Bonchev–Trinajstić information content (AvgIpc) is 2.95. The van der Waals surface area contributed by atoms with Crippen LogP contribution in [0, 0.1) is 11.7 Å². The minimum absolute atomic E-state index is 0.0814. The van der Waals surface area contributed by atoms with Gasteiger partial charge in [-0.25, -0.2) is 4.39 Å². The highest BCUT2D eigenvalue weighted by atomic mass is 32.2. The third kappa shape index (κ3) is 5.09. The summed E-state index contributed by atoms with van der Waals surface area (Å²) < 4.78 is 24.9. The van der Waals surface area contributed by atoms with Gasteiger partial charge in [-0.15, -0.1) is 0 Å². The highest BCUT2D eigenvalue weighted by Gasteiger charge is 2.39. The lowest BCUT2D eigenvalue weighted by molar-refractivity contribution is -0.127. The maximum Gasteiger partial charge on any atom is 0.289 e. The van der Waals surface area contributed by atoms with Gasteiger partial charge in [0.1, 0.15) is 12.4 Å². The summed E-state index contributed by atoms with van der Waals surface area (Å²) in [6.45, 7) is 4.47. The van der Waals surface area contributed by atoms with E-state index in [2.05, 4.69) is 0 Å². The van der Waals surface area contributed by atoms with E-state index < -0.39 is 5.25 Å². The molecule has 1 aliphatic rings. The van der Waals surface area contributed by atoms with E-state index in [1.165, 1.54) is 18.1 Å². The molecule has 0 N–H and O–H groups in total. The molecule has 1 aliphatic heterocycles. The number of amides is 2. The molecule has 154 valence electrons. The molecule has 1 heterocycles. The number of benzene rings is 2. The Bertz CT molecular complexity index is 902. The second-order valence-corrected chi connectivity index (χ2v) is 8.44. The molecule has 2 aromatic carbocycles. The van der Waals surface area contributed by atoms with E-state index in [9.17, 15) is 14.0 Å². The SMILES string of the molecule is COc1cc(C[C@@H]2SC(=O)N(CC(C)C)C2=O)ccc1OCc1ccccc1F. The molecule has 0 unspecified atom stereocenters. The Labute approximate surface area is 174 Å². The lowest BCUT2D eigenvalue weighted by atomic mass is 10.1. The zero-order chi connectivity index (χ0) is 21.0. The molecule has 7 heteroatoms. The van der Waals surface area contributed by atoms with Gasteiger partial charge in [0.25, 0.3) is 5.24 Å². The number of hydrogen-bond acceptors (Lipinski definition) is 5. The second-order valence-electron chi connectivity index (χ2n) is 7.28. The third-order valence-electron chi connectivity index (χ3n) is 4.54. The van der Waals surface area contributed by atoms with Crippen molar-refractivity contribution in [1.82, 2.24) is 4.90 Å². The van der Waals surface area contributed by atoms with Gasteiger partial charge in [0.05, 0.1) is 12.4 Å². The molecule has 2 amide bonds. The summed E-state index contributed by atoms with van der Waals surface area (Å²) in [7, 11) is 1.53. The molecule has 2 aromatic rings. The summed E-state index contributed by atoms with van der Waals surface area (Å²) in [5.41, 5.74) is 1.32. The number of hydrogen-bond donors (Lipinski definition) is 0. The number of carbonyl (C=O) groups excluding carboxylic acids is 2. The van der Waals surface area contributed by atoms with Crippen LogP contribution in [0.5, 0.6) is 11.5 Å². The maximum absolute atomic E-state index is 13.8. The Hall–Kier alpha value is -2.54. The highest BCUT2D eigenvalue weighted by Crippen LogP contribution is 2.33. The van der Waals surface area contributed by atoms with Gasteiger partial charge in [0, 0.05) is 12.1 Å². The summed E-state index contributed by atoms with van der Waals surface area (Å²) in [6, 6.07) is 11.8. The second kappa shape index (κ2) is 9.31. The fourth-order valence-electron chi connectivity index (χ4n) is 3.10. The Morgan fingerprint density at radius 2 is 1.90 bits per heavy atom. The van der Waals surface area contributed by atoms with Gasteiger partial charge < -0.3 is 9.47 Å². The number of nitrogens with zero attached hydrogens (tertiary/aromatic N) is 1. The standard InChI is InChI=1S/C22H24FNO4S/c1-14(2)12-24-21(25)20(29-22(24)26)11-15-8-9-18(19(10-15)27-3)28-13-16-6-4-5-7-17(16)23/h4-10,14,20H,11-13H2,1-3H3/t20-/m0/s1. The van der Waals surface area contributed by atoms with Crippen molar-refractivity contribution in [3.63, 3.8) is 0 Å². The molecular weight excluding hydrogens is 393 g/mol. The van der Waals surface area contributed by atoms with Gasteiger partial charge >= 0.3 is 0 Å². The minimum atomic E-state index is -0.434. The Morgan fingerprint density at radius 3 is 2.59 bits per heavy atom. The van der Waals surface area contributed by atoms with Crippen LogP contribution >= 0.6 is 11.8 Å². The quantitative estimate of drug-likeness (QED) is 0.624. The van der Waals surface area contributed by atoms with Crippen molar-refractivity contribution in [1.29, 1.82) is 0 Å². The van der Waals surface area contributed by atoms with Gasteiger partial charge in [-0.2, -0.15) is 0 Å². The van der Waals surface area contributed by atoms with Crippen LogP contribution < -0.4 is 9.47 Å². The predicted octanol–water partition coefficient (Wildman–Crippen LogP) is 4.68. The topological polar surface area (TPSA) is 55.8 Å². The lowest BCUT2D eigenvalue weighted by Crippen LogP contribution is -2.35. The van der Waals surface area contributed by atoms with E-state index in [-0.39, 0.29) is 29.5 Å². The van der Waals surface area contributed by atoms with Crippen molar-refractivity contribution in [3.8, 4) is 11.5 Å². The van der Waals surface area contributed by atoms with Crippen molar-refractivity contribution in [2.45, 2.75) is 32.1 Å². The number of rotatable bonds is 8. The average molecular weight is 418 g/mol. The van der Waals surface area contributed by atoms with Crippen LogP contribution in [0.25, 0.3) is 0 Å². The first kappa shape index (κ1) is 21.2. The van der Waals surface area contributed by atoms with Gasteiger partial charge in [-0.3, -0.25) is 14.5 Å². The molecule has 0 aliphatic carbocycles.